The van der Waals surface area contributed by atoms with E-state index >= 15 is 0 Å². The van der Waals surface area contributed by atoms with E-state index in [1.165, 1.54) is 0 Å². The van der Waals surface area contributed by atoms with Gasteiger partial charge in [0.05, 0.1) is 49.4 Å². The van der Waals surface area contributed by atoms with Gasteiger partial charge in [-0.05, 0) is 42.5 Å². The average Bonchev–Trinajstić information content (AvgIpc) is 2.86. The maximum atomic E-state index is 11.8. The van der Waals surface area contributed by atoms with Crippen LogP contribution in [0.3, 0.4) is 0 Å². The smallest absolute Gasteiger partial charge is 0.744 e. The van der Waals surface area contributed by atoms with Crippen LogP contribution in [-0.4, -0.2) is 50.9 Å². The summed E-state index contributed by atoms with van der Waals surface area (Å²) in [6, 6.07) is 4.18. The van der Waals surface area contributed by atoms with Crippen molar-refractivity contribution in [1.29, 1.82) is 0 Å². The predicted molar refractivity (Wildman–Crippen MR) is 129 cm³/mol. The van der Waals surface area contributed by atoms with Gasteiger partial charge in [-0.1, -0.05) is 0 Å². The number of anilines is 2. The fourth-order valence-electron chi connectivity index (χ4n) is 3.11. The normalized spacial score (nSPS) is 11.3. The van der Waals surface area contributed by atoms with Crippen molar-refractivity contribution in [2.45, 2.75) is 14.7 Å². The van der Waals surface area contributed by atoms with Crippen LogP contribution < -0.4 is 169 Å². The Labute approximate surface area is 377 Å². The summed E-state index contributed by atoms with van der Waals surface area (Å²) in [6.07, 6.45) is 0. The number of aromatic carboxylic acids is 2. The van der Waals surface area contributed by atoms with Gasteiger partial charge in [-0.15, -0.1) is 20.5 Å². The number of benzene rings is 3. The fourth-order valence-corrected chi connectivity index (χ4v) is 4.73. The largest absolute Gasteiger partial charge is 1.00 e. The molecule has 0 heterocycles. The van der Waals surface area contributed by atoms with Crippen LogP contribution in [0.4, 0.5) is 34.1 Å². The summed E-state index contributed by atoms with van der Waals surface area (Å²) in [6.45, 7) is 0. The molecule has 3 aromatic carbocycles. The summed E-state index contributed by atoms with van der Waals surface area (Å²) >= 11 is 0. The molecule has 4 N–H and O–H groups in total. The Morgan fingerprint density at radius 2 is 0.894 bits per heavy atom. The SMILES string of the molecule is Nc1c(N=Nc2ccc(S(=O)(=O)[O-])cc2C(=O)[O-])cc(S(=O)(=O)[O-])c(N)c1N=Nc1ccc(S(=O)(=O)[O-])cc1C(=O)[O-].[Na+].[Na+].[Na+].[Na+].[Na+]. The number of carboxylic acids is 2. The predicted octanol–water partition coefficient (Wildman–Crippen LogP) is -15.9. The van der Waals surface area contributed by atoms with Gasteiger partial charge in [-0.25, -0.2) is 25.3 Å². The monoisotopic (exact) mass is 754 g/mol. The van der Waals surface area contributed by atoms with E-state index in [1.54, 1.807) is 0 Å². The van der Waals surface area contributed by atoms with Crippen molar-refractivity contribution in [1.82, 2.24) is 0 Å². The van der Waals surface area contributed by atoms with Gasteiger partial charge in [0.15, 0.2) is 0 Å². The number of carbonyl (C=O) groups excluding carboxylic acids is 2. The minimum absolute atomic E-state index is 0. The molecular formula is C20H11N6Na5O13S3. The average molecular weight is 754 g/mol. The van der Waals surface area contributed by atoms with Gasteiger partial charge in [-0.3, -0.25) is 0 Å². The molecule has 222 valence electrons. The molecular weight excluding hydrogens is 743 g/mol. The van der Waals surface area contributed by atoms with E-state index in [0.717, 1.165) is 12.1 Å². The van der Waals surface area contributed by atoms with Gasteiger partial charge < -0.3 is 44.9 Å². The van der Waals surface area contributed by atoms with Crippen LogP contribution in [0.2, 0.25) is 0 Å². The van der Waals surface area contributed by atoms with Gasteiger partial charge in [0.25, 0.3) is 0 Å². The van der Waals surface area contributed by atoms with Crippen LogP contribution in [0.1, 0.15) is 20.7 Å². The summed E-state index contributed by atoms with van der Waals surface area (Å²) in [7, 11) is -15.6. The molecule has 0 aliphatic rings. The fraction of sp³-hybridized carbons (Fsp3) is 0. The Balaban J connectivity index is -0.00000387. The second-order valence-corrected chi connectivity index (χ2v) is 11.9. The molecule has 0 amide bonds. The second kappa shape index (κ2) is 20.2. The van der Waals surface area contributed by atoms with Gasteiger partial charge in [-0.2, -0.15) is 0 Å². The van der Waals surface area contributed by atoms with Crippen molar-refractivity contribution in [3.8, 4) is 0 Å². The van der Waals surface area contributed by atoms with E-state index in [0.29, 0.717) is 30.3 Å². The number of hydrogen-bond acceptors (Lipinski definition) is 19. The number of carbonyl (C=O) groups is 2. The number of rotatable bonds is 9. The molecule has 0 atom stereocenters. The molecule has 0 bridgehead atoms. The number of azo groups is 2. The summed E-state index contributed by atoms with van der Waals surface area (Å²) in [4.78, 5) is 19.8. The van der Waals surface area contributed by atoms with E-state index in [-0.39, 0.29) is 148 Å². The van der Waals surface area contributed by atoms with Crippen molar-refractivity contribution in [3.05, 3.63) is 53.6 Å². The standard InChI is InChI=1S/C20H16N6O13S3.5Na/c21-16-14(25-23-12-3-1-8(40(31,32)33)5-10(12)19(27)28)7-15(42(37,38)39)17(22)18(16)26-24-13-4-2-9(41(34,35)36)6-11(13)20(29)30;;;;;/h1-7H,21-22H2,(H,27,28)(H,29,30)(H,31,32,33)(H,34,35,36)(H,37,38,39);;;;;/q;5*+1/p-5. The topological polar surface area (TPSA) is 353 Å². The van der Waals surface area contributed by atoms with Crippen LogP contribution in [-0.2, 0) is 30.4 Å². The summed E-state index contributed by atoms with van der Waals surface area (Å²) in [5.41, 5.74) is 5.44. The number of nitrogen functional groups attached to an aromatic ring is 2. The molecule has 0 saturated carbocycles. The summed E-state index contributed by atoms with van der Waals surface area (Å²) in [5.74, 6) is -3.99. The van der Waals surface area contributed by atoms with E-state index in [4.69, 9.17) is 11.5 Å². The van der Waals surface area contributed by atoms with Crippen molar-refractivity contribution < 1.29 is 207 Å². The molecule has 0 aromatic heterocycles. The Morgan fingerprint density at radius 3 is 1.23 bits per heavy atom. The second-order valence-electron chi connectivity index (χ2n) is 7.76. The third-order valence-corrected chi connectivity index (χ3v) is 7.60. The third-order valence-electron chi connectivity index (χ3n) is 5.07. The first-order valence-corrected chi connectivity index (χ1v) is 14.6. The zero-order valence-corrected chi connectivity index (χ0v) is 37.5. The molecule has 0 saturated heterocycles. The maximum Gasteiger partial charge on any atom is 1.00 e. The zero-order chi connectivity index (χ0) is 31.8. The first-order valence-electron chi connectivity index (χ1n) is 10.4. The van der Waals surface area contributed by atoms with Crippen molar-refractivity contribution in [3.63, 3.8) is 0 Å². The molecule has 3 aromatic rings. The van der Waals surface area contributed by atoms with E-state index < -0.39 is 102 Å². The van der Waals surface area contributed by atoms with Crippen LogP contribution in [0.25, 0.3) is 0 Å². The maximum absolute atomic E-state index is 11.8. The van der Waals surface area contributed by atoms with Gasteiger partial charge in [0.1, 0.15) is 41.7 Å². The van der Waals surface area contributed by atoms with Crippen LogP contribution in [0.15, 0.2) is 77.6 Å². The molecule has 0 radical (unpaired) electrons. The Kier molecular flexibility index (Phi) is 22.2. The van der Waals surface area contributed by atoms with Crippen molar-refractivity contribution in [2.75, 3.05) is 11.5 Å². The molecule has 0 unspecified atom stereocenters. The zero-order valence-electron chi connectivity index (χ0n) is 25.0. The van der Waals surface area contributed by atoms with E-state index in [1.807, 2.05) is 0 Å². The Bertz CT molecular complexity index is 2060. The molecule has 0 fully saturated rings. The quantitative estimate of drug-likeness (QED) is 0.0886. The molecule has 27 heteroatoms. The van der Waals surface area contributed by atoms with Crippen molar-refractivity contribution >= 4 is 76.4 Å². The Hall–Kier alpha value is 0.130. The van der Waals surface area contributed by atoms with E-state index in [2.05, 4.69) is 20.5 Å². The number of carboxylic acid groups (broad SMARTS) is 2. The molecule has 47 heavy (non-hydrogen) atoms. The number of hydrogen-bond donors (Lipinski definition) is 2. The third kappa shape index (κ3) is 13.3. The van der Waals surface area contributed by atoms with E-state index in [9.17, 15) is 58.7 Å². The molecule has 0 aliphatic heterocycles. The number of nitrogens with two attached hydrogens (primary N) is 2. The summed E-state index contributed by atoms with van der Waals surface area (Å²) < 4.78 is 103. The van der Waals surface area contributed by atoms with Crippen molar-refractivity contribution in [2.24, 2.45) is 20.5 Å². The molecule has 0 spiro atoms. The minimum Gasteiger partial charge on any atom is -0.744 e. The Morgan fingerprint density at radius 1 is 0.532 bits per heavy atom. The molecule has 19 nitrogen and oxygen atoms in total. The minimum atomic E-state index is -5.39. The summed E-state index contributed by atoms with van der Waals surface area (Å²) in [5, 5.41) is 37.0. The van der Waals surface area contributed by atoms with Crippen LogP contribution >= 0.6 is 0 Å². The van der Waals surface area contributed by atoms with Gasteiger partial charge in [0, 0.05) is 11.1 Å². The molecule has 3 rings (SSSR count). The number of nitrogens with zero attached hydrogens (tertiary/aromatic N) is 4. The van der Waals surface area contributed by atoms with Crippen LogP contribution in [0, 0.1) is 0 Å². The van der Waals surface area contributed by atoms with Gasteiger partial charge in [0.2, 0.25) is 0 Å². The first kappa shape index (κ1) is 51.5. The van der Waals surface area contributed by atoms with Crippen LogP contribution in [0.5, 0.6) is 0 Å². The first-order chi connectivity index (χ1) is 19.2. The molecule has 0 aliphatic carbocycles. The van der Waals surface area contributed by atoms with Gasteiger partial charge >= 0.3 is 148 Å².